The van der Waals surface area contributed by atoms with Crippen molar-refractivity contribution in [3.05, 3.63) is 71.2 Å². The highest BCUT2D eigenvalue weighted by molar-refractivity contribution is 5.58. The molecule has 2 heterocycles. The highest BCUT2D eigenvalue weighted by Crippen LogP contribution is 2.19. The Morgan fingerprint density at radius 1 is 1.00 bits per heavy atom. The first-order valence-corrected chi connectivity index (χ1v) is 8.22. The quantitative estimate of drug-likeness (QED) is 0.718. The number of nitrogens with zero attached hydrogens (tertiary/aromatic N) is 4. The van der Waals surface area contributed by atoms with E-state index in [9.17, 15) is 0 Å². The summed E-state index contributed by atoms with van der Waals surface area (Å²) in [7, 11) is 4.15. The number of aromatic nitrogens is 3. The minimum atomic E-state index is 0.910. The summed E-state index contributed by atoms with van der Waals surface area (Å²) < 4.78 is 1.96. The molecule has 0 atom stereocenters. The first-order valence-electron chi connectivity index (χ1n) is 8.22. The largest absolute Gasteiger partial charge is 0.298 e. The first kappa shape index (κ1) is 16.4. The SMILES string of the molecule is Cc1nn(C)c(C)c1CN(C)Cc1ccc(-c2ccccn2)cc1. The molecule has 1 aromatic carbocycles. The number of benzene rings is 1. The molecule has 4 heteroatoms. The average Bonchev–Trinajstić information content (AvgIpc) is 2.82. The molecular weight excluding hydrogens is 296 g/mol. The van der Waals surface area contributed by atoms with Crippen molar-refractivity contribution in [1.29, 1.82) is 0 Å². The normalized spacial score (nSPS) is 11.2. The van der Waals surface area contributed by atoms with Crippen LogP contribution in [0.1, 0.15) is 22.5 Å². The minimum Gasteiger partial charge on any atom is -0.298 e. The predicted octanol–water partition coefficient (Wildman–Crippen LogP) is 3.73. The molecule has 0 spiro atoms. The summed E-state index contributed by atoms with van der Waals surface area (Å²) in [6, 6.07) is 14.7. The molecule has 0 amide bonds. The molecule has 0 N–H and O–H groups in total. The van der Waals surface area contributed by atoms with Gasteiger partial charge < -0.3 is 0 Å². The third kappa shape index (κ3) is 3.54. The fraction of sp³-hybridized carbons (Fsp3) is 0.300. The van der Waals surface area contributed by atoms with E-state index in [2.05, 4.69) is 60.1 Å². The van der Waals surface area contributed by atoms with E-state index in [1.165, 1.54) is 16.8 Å². The van der Waals surface area contributed by atoms with Crippen molar-refractivity contribution in [2.45, 2.75) is 26.9 Å². The lowest BCUT2D eigenvalue weighted by Crippen LogP contribution is -2.18. The number of hydrogen-bond acceptors (Lipinski definition) is 3. The molecule has 0 aliphatic carbocycles. The fourth-order valence-corrected chi connectivity index (χ4v) is 3.00. The Kier molecular flexibility index (Phi) is 4.76. The van der Waals surface area contributed by atoms with E-state index < -0.39 is 0 Å². The smallest absolute Gasteiger partial charge is 0.0701 e. The standard InChI is InChI=1S/C20H24N4/c1-15-19(16(2)24(4)22-15)14-23(3)13-17-8-10-18(11-9-17)20-7-5-6-12-21-20/h5-12H,13-14H2,1-4H3. The van der Waals surface area contributed by atoms with Crippen LogP contribution in [0.5, 0.6) is 0 Å². The Morgan fingerprint density at radius 2 is 1.75 bits per heavy atom. The van der Waals surface area contributed by atoms with Gasteiger partial charge in [-0.1, -0.05) is 30.3 Å². The van der Waals surface area contributed by atoms with Crippen molar-refractivity contribution in [1.82, 2.24) is 19.7 Å². The summed E-state index contributed by atoms with van der Waals surface area (Å²) in [6.07, 6.45) is 1.83. The summed E-state index contributed by atoms with van der Waals surface area (Å²) in [5.41, 5.74) is 7.15. The van der Waals surface area contributed by atoms with E-state index in [4.69, 9.17) is 0 Å². The number of hydrogen-bond donors (Lipinski definition) is 0. The fourth-order valence-electron chi connectivity index (χ4n) is 3.00. The van der Waals surface area contributed by atoms with Crippen LogP contribution in [0.2, 0.25) is 0 Å². The van der Waals surface area contributed by atoms with Crippen LogP contribution in [0, 0.1) is 13.8 Å². The average molecular weight is 320 g/mol. The van der Waals surface area contributed by atoms with Gasteiger partial charge in [0.05, 0.1) is 11.4 Å². The topological polar surface area (TPSA) is 34.0 Å². The summed E-state index contributed by atoms with van der Waals surface area (Å²) in [6.45, 7) is 6.03. The number of pyridine rings is 1. The Balaban J connectivity index is 1.67. The van der Waals surface area contributed by atoms with Crippen LogP contribution in [0.15, 0.2) is 48.7 Å². The summed E-state index contributed by atoms with van der Waals surface area (Å²) in [5, 5.41) is 4.50. The predicted molar refractivity (Wildman–Crippen MR) is 97.5 cm³/mol. The third-order valence-corrected chi connectivity index (χ3v) is 4.45. The van der Waals surface area contributed by atoms with Gasteiger partial charge in [0, 0.05) is 43.2 Å². The summed E-state index contributed by atoms with van der Waals surface area (Å²) in [4.78, 5) is 6.72. The molecule has 0 unspecified atom stereocenters. The van der Waals surface area contributed by atoms with E-state index in [1.807, 2.05) is 36.1 Å². The molecule has 4 nitrogen and oxygen atoms in total. The van der Waals surface area contributed by atoms with Gasteiger partial charge in [0.25, 0.3) is 0 Å². The zero-order chi connectivity index (χ0) is 17.1. The Labute approximate surface area is 143 Å². The maximum atomic E-state index is 4.50. The van der Waals surface area contributed by atoms with Gasteiger partial charge >= 0.3 is 0 Å². The Hall–Kier alpha value is -2.46. The molecule has 24 heavy (non-hydrogen) atoms. The molecular formula is C20H24N4. The molecule has 3 aromatic rings. The molecule has 0 saturated carbocycles. The van der Waals surface area contributed by atoms with Crippen molar-refractivity contribution in [3.63, 3.8) is 0 Å². The van der Waals surface area contributed by atoms with Crippen LogP contribution >= 0.6 is 0 Å². The third-order valence-electron chi connectivity index (χ3n) is 4.45. The van der Waals surface area contributed by atoms with Gasteiger partial charge in [-0.2, -0.15) is 5.10 Å². The van der Waals surface area contributed by atoms with E-state index in [1.54, 1.807) is 0 Å². The lowest BCUT2D eigenvalue weighted by molar-refractivity contribution is 0.317. The van der Waals surface area contributed by atoms with Crippen molar-refractivity contribution >= 4 is 0 Å². The van der Waals surface area contributed by atoms with Gasteiger partial charge in [0.15, 0.2) is 0 Å². The highest BCUT2D eigenvalue weighted by atomic mass is 15.3. The van der Waals surface area contributed by atoms with Crippen LogP contribution < -0.4 is 0 Å². The van der Waals surface area contributed by atoms with Crippen molar-refractivity contribution in [2.75, 3.05) is 7.05 Å². The summed E-state index contributed by atoms with van der Waals surface area (Å²) in [5.74, 6) is 0. The van der Waals surface area contributed by atoms with Gasteiger partial charge in [-0.15, -0.1) is 0 Å². The zero-order valence-electron chi connectivity index (χ0n) is 14.8. The maximum absolute atomic E-state index is 4.50. The molecule has 0 aliphatic rings. The molecule has 0 radical (unpaired) electrons. The van der Waals surface area contributed by atoms with Crippen molar-refractivity contribution in [3.8, 4) is 11.3 Å². The van der Waals surface area contributed by atoms with Crippen LogP contribution in [-0.4, -0.2) is 26.7 Å². The van der Waals surface area contributed by atoms with Gasteiger partial charge in [-0.3, -0.25) is 14.6 Å². The Bertz CT molecular complexity index is 804. The lowest BCUT2D eigenvalue weighted by Gasteiger charge is -2.17. The van der Waals surface area contributed by atoms with E-state index in [0.29, 0.717) is 0 Å². The van der Waals surface area contributed by atoms with E-state index >= 15 is 0 Å². The molecule has 0 saturated heterocycles. The number of aryl methyl sites for hydroxylation is 2. The van der Waals surface area contributed by atoms with Gasteiger partial charge in [-0.25, -0.2) is 0 Å². The van der Waals surface area contributed by atoms with Gasteiger partial charge in [-0.05, 0) is 38.6 Å². The van der Waals surface area contributed by atoms with Gasteiger partial charge in [0.1, 0.15) is 0 Å². The minimum absolute atomic E-state index is 0.910. The second-order valence-electron chi connectivity index (χ2n) is 6.36. The second kappa shape index (κ2) is 6.97. The second-order valence-corrected chi connectivity index (χ2v) is 6.36. The van der Waals surface area contributed by atoms with Crippen LogP contribution in [0.3, 0.4) is 0 Å². The van der Waals surface area contributed by atoms with Crippen LogP contribution in [0.25, 0.3) is 11.3 Å². The number of rotatable bonds is 5. The maximum Gasteiger partial charge on any atom is 0.0701 e. The van der Waals surface area contributed by atoms with Crippen LogP contribution in [-0.2, 0) is 20.1 Å². The van der Waals surface area contributed by atoms with Crippen molar-refractivity contribution < 1.29 is 0 Å². The lowest BCUT2D eigenvalue weighted by atomic mass is 10.1. The molecule has 3 rings (SSSR count). The molecule has 124 valence electrons. The van der Waals surface area contributed by atoms with Crippen LogP contribution in [0.4, 0.5) is 0 Å². The van der Waals surface area contributed by atoms with Gasteiger partial charge in [0.2, 0.25) is 0 Å². The van der Waals surface area contributed by atoms with E-state index in [0.717, 1.165) is 30.0 Å². The first-order chi connectivity index (χ1) is 11.5. The van der Waals surface area contributed by atoms with E-state index in [-0.39, 0.29) is 0 Å². The zero-order valence-corrected chi connectivity index (χ0v) is 14.8. The monoisotopic (exact) mass is 320 g/mol. The summed E-state index contributed by atoms with van der Waals surface area (Å²) >= 11 is 0. The molecule has 0 fully saturated rings. The Morgan fingerprint density at radius 3 is 2.33 bits per heavy atom. The highest BCUT2D eigenvalue weighted by Gasteiger charge is 2.12. The molecule has 2 aromatic heterocycles. The molecule has 0 aliphatic heterocycles. The van der Waals surface area contributed by atoms with Crippen molar-refractivity contribution in [2.24, 2.45) is 7.05 Å². The molecule has 0 bridgehead atoms.